The summed E-state index contributed by atoms with van der Waals surface area (Å²) in [7, 11) is 0. The Hall–Kier alpha value is -2.17. The first-order valence-electron chi connectivity index (χ1n) is 4.26. The summed E-state index contributed by atoms with van der Waals surface area (Å²) in [6.07, 6.45) is 4.23. The number of carboxylic acid groups (broad SMARTS) is 1. The number of carboxylic acids is 1. The van der Waals surface area contributed by atoms with Gasteiger partial charge >= 0.3 is 5.97 Å². The van der Waals surface area contributed by atoms with Gasteiger partial charge < -0.3 is 9.52 Å². The van der Waals surface area contributed by atoms with Crippen LogP contribution in [-0.4, -0.2) is 22.7 Å². The second-order valence-corrected chi connectivity index (χ2v) is 2.99. The van der Waals surface area contributed by atoms with Gasteiger partial charge in [0, 0.05) is 0 Å². The summed E-state index contributed by atoms with van der Waals surface area (Å²) in [5.74, 6) is -2.61. The van der Waals surface area contributed by atoms with Crippen molar-refractivity contribution in [3.8, 4) is 0 Å². The van der Waals surface area contributed by atoms with E-state index >= 15 is 0 Å². The molecule has 0 spiro atoms. The maximum atomic E-state index is 11.3. The number of dihydropyridines is 1. The van der Waals surface area contributed by atoms with Crippen LogP contribution >= 0.6 is 0 Å². The minimum Gasteiger partial charge on any atom is -0.480 e. The predicted molar refractivity (Wildman–Crippen MR) is 50.5 cm³/mol. The van der Waals surface area contributed by atoms with Gasteiger partial charge in [0.25, 0.3) is 5.91 Å². The molecule has 0 bridgehead atoms. The van der Waals surface area contributed by atoms with Crippen LogP contribution in [0.4, 0.5) is 0 Å². The normalized spacial score (nSPS) is 20.1. The van der Waals surface area contributed by atoms with Crippen molar-refractivity contribution in [3.05, 3.63) is 36.3 Å². The van der Waals surface area contributed by atoms with Crippen molar-refractivity contribution in [2.75, 3.05) is 0 Å². The van der Waals surface area contributed by atoms with Gasteiger partial charge in [0.1, 0.15) is 5.71 Å². The highest BCUT2D eigenvalue weighted by atomic mass is 16.4. The largest absolute Gasteiger partial charge is 0.480 e. The molecule has 1 atom stereocenters. The molecule has 1 aromatic rings. The van der Waals surface area contributed by atoms with Crippen LogP contribution in [0.25, 0.3) is 0 Å². The molecule has 0 aromatic carbocycles. The van der Waals surface area contributed by atoms with Gasteiger partial charge in [-0.25, -0.2) is 4.99 Å². The number of carbonyl (C=O) groups is 2. The number of hydrogen-bond donors (Lipinski definition) is 1. The molecule has 1 N–H and O–H groups in total. The lowest BCUT2D eigenvalue weighted by Gasteiger charge is -2.08. The summed E-state index contributed by atoms with van der Waals surface area (Å²) in [4.78, 5) is 25.5. The number of carbonyl (C=O) groups excluding carboxylic acids is 1. The summed E-state index contributed by atoms with van der Waals surface area (Å²) >= 11 is 0. The van der Waals surface area contributed by atoms with Crippen molar-refractivity contribution in [3.63, 3.8) is 0 Å². The first-order chi connectivity index (χ1) is 7.18. The fourth-order valence-electron chi connectivity index (χ4n) is 1.24. The average Bonchev–Trinajstić information content (AvgIpc) is 2.69. The van der Waals surface area contributed by atoms with Crippen molar-refractivity contribution >= 4 is 17.6 Å². The SMILES string of the molecule is O=C(O)C1C=CC(c2ccco2)=NC1=O. The van der Waals surface area contributed by atoms with E-state index < -0.39 is 17.8 Å². The smallest absolute Gasteiger partial charge is 0.320 e. The lowest BCUT2D eigenvalue weighted by Crippen LogP contribution is -2.24. The quantitative estimate of drug-likeness (QED) is 0.726. The van der Waals surface area contributed by atoms with Crippen LogP contribution in [0, 0.1) is 5.92 Å². The molecule has 5 nitrogen and oxygen atoms in total. The van der Waals surface area contributed by atoms with E-state index in [-0.39, 0.29) is 0 Å². The van der Waals surface area contributed by atoms with Crippen LogP contribution < -0.4 is 0 Å². The molecule has 2 heterocycles. The standard InChI is InChI=1S/C10H7NO4/c12-9-6(10(13)14)3-4-7(11-9)8-2-1-5-15-8/h1-6H,(H,13,14). The monoisotopic (exact) mass is 205 g/mol. The molecule has 0 saturated heterocycles. The number of aliphatic imine (C=N–C) groups is 1. The summed E-state index contributed by atoms with van der Waals surface area (Å²) in [6.45, 7) is 0. The van der Waals surface area contributed by atoms with Crippen LogP contribution in [0.15, 0.2) is 40.0 Å². The van der Waals surface area contributed by atoms with Crippen molar-refractivity contribution < 1.29 is 19.1 Å². The van der Waals surface area contributed by atoms with Gasteiger partial charge in [0.05, 0.1) is 6.26 Å². The van der Waals surface area contributed by atoms with E-state index in [1.165, 1.54) is 18.4 Å². The van der Waals surface area contributed by atoms with Crippen LogP contribution in [0.3, 0.4) is 0 Å². The molecule has 0 radical (unpaired) electrons. The van der Waals surface area contributed by atoms with Gasteiger partial charge in [-0.1, -0.05) is 6.08 Å². The van der Waals surface area contributed by atoms with E-state index in [0.717, 1.165) is 0 Å². The third-order valence-electron chi connectivity index (χ3n) is 1.98. The van der Waals surface area contributed by atoms with Gasteiger partial charge in [-0.3, -0.25) is 9.59 Å². The van der Waals surface area contributed by atoms with E-state index in [1.807, 2.05) is 0 Å². The maximum absolute atomic E-state index is 11.3. The van der Waals surface area contributed by atoms with Crippen molar-refractivity contribution in [2.45, 2.75) is 0 Å². The summed E-state index contributed by atoms with van der Waals surface area (Å²) < 4.78 is 5.04. The average molecular weight is 205 g/mol. The molecule has 1 aliphatic rings. The van der Waals surface area contributed by atoms with Crippen molar-refractivity contribution in [1.29, 1.82) is 0 Å². The highest BCUT2D eigenvalue weighted by molar-refractivity contribution is 6.17. The number of hydrogen-bond acceptors (Lipinski definition) is 3. The third-order valence-corrected chi connectivity index (χ3v) is 1.98. The Morgan fingerprint density at radius 2 is 2.33 bits per heavy atom. The lowest BCUT2D eigenvalue weighted by atomic mass is 10.0. The zero-order chi connectivity index (χ0) is 10.8. The number of furan rings is 1. The molecule has 1 aromatic heterocycles. The molecule has 5 heteroatoms. The maximum Gasteiger partial charge on any atom is 0.320 e. The van der Waals surface area contributed by atoms with E-state index in [0.29, 0.717) is 11.5 Å². The Morgan fingerprint density at radius 1 is 1.53 bits per heavy atom. The van der Waals surface area contributed by atoms with Crippen LogP contribution in [0.1, 0.15) is 5.76 Å². The number of rotatable bonds is 2. The molecule has 15 heavy (non-hydrogen) atoms. The van der Waals surface area contributed by atoms with E-state index in [2.05, 4.69) is 4.99 Å². The first-order valence-corrected chi connectivity index (χ1v) is 4.26. The molecule has 1 unspecified atom stereocenters. The van der Waals surface area contributed by atoms with Crippen molar-refractivity contribution in [2.24, 2.45) is 10.9 Å². The minimum atomic E-state index is -1.20. The molecule has 76 valence electrons. The molecular weight excluding hydrogens is 198 g/mol. The van der Waals surface area contributed by atoms with Gasteiger partial charge in [0.2, 0.25) is 0 Å². The summed E-state index contributed by atoms with van der Waals surface area (Å²) in [6, 6.07) is 3.32. The lowest BCUT2D eigenvalue weighted by molar-refractivity contribution is -0.143. The Morgan fingerprint density at radius 3 is 2.87 bits per heavy atom. The van der Waals surface area contributed by atoms with Crippen LogP contribution in [-0.2, 0) is 9.59 Å². The number of allylic oxidation sites excluding steroid dienone is 1. The Kier molecular flexibility index (Phi) is 2.21. The molecule has 2 rings (SSSR count). The highest BCUT2D eigenvalue weighted by Crippen LogP contribution is 2.13. The zero-order valence-electron chi connectivity index (χ0n) is 7.58. The van der Waals surface area contributed by atoms with Gasteiger partial charge in [-0.2, -0.15) is 0 Å². The zero-order valence-corrected chi connectivity index (χ0v) is 7.58. The predicted octanol–water partition coefficient (Wildman–Crippen LogP) is 0.866. The molecular formula is C10H7NO4. The molecule has 0 fully saturated rings. The fourth-order valence-corrected chi connectivity index (χ4v) is 1.24. The number of nitrogens with zero attached hydrogens (tertiary/aromatic N) is 1. The van der Waals surface area contributed by atoms with E-state index in [1.54, 1.807) is 12.1 Å². The number of aliphatic carboxylic acids is 1. The van der Waals surface area contributed by atoms with E-state index in [9.17, 15) is 9.59 Å². The Labute approximate surface area is 84.7 Å². The second-order valence-electron chi connectivity index (χ2n) is 2.99. The fraction of sp³-hybridized carbons (Fsp3) is 0.100. The van der Waals surface area contributed by atoms with Crippen LogP contribution in [0.2, 0.25) is 0 Å². The minimum absolute atomic E-state index is 0.350. The summed E-state index contributed by atoms with van der Waals surface area (Å²) in [5, 5.41) is 8.66. The van der Waals surface area contributed by atoms with Crippen LogP contribution in [0.5, 0.6) is 0 Å². The van der Waals surface area contributed by atoms with Gasteiger partial charge in [-0.05, 0) is 18.2 Å². The molecule has 0 saturated carbocycles. The van der Waals surface area contributed by atoms with Crippen molar-refractivity contribution in [1.82, 2.24) is 0 Å². The molecule has 0 aliphatic carbocycles. The van der Waals surface area contributed by atoms with Gasteiger partial charge in [-0.15, -0.1) is 0 Å². The Balaban J connectivity index is 2.28. The van der Waals surface area contributed by atoms with Gasteiger partial charge in [0.15, 0.2) is 11.7 Å². The summed E-state index contributed by atoms with van der Waals surface area (Å²) in [5.41, 5.74) is 0.350. The van der Waals surface area contributed by atoms with E-state index in [4.69, 9.17) is 9.52 Å². The number of amides is 1. The first kappa shape index (κ1) is 9.39. The molecule has 1 amide bonds. The third kappa shape index (κ3) is 1.71. The highest BCUT2D eigenvalue weighted by Gasteiger charge is 2.26. The molecule has 1 aliphatic heterocycles. The second kappa shape index (κ2) is 3.53. The Bertz CT molecular complexity index is 456. The topological polar surface area (TPSA) is 79.9 Å².